The van der Waals surface area contributed by atoms with Crippen LogP contribution in [-0.4, -0.2) is 30.7 Å². The number of hydrogen-bond acceptors (Lipinski definition) is 4. The number of amides is 1. The van der Waals surface area contributed by atoms with Gasteiger partial charge in [-0.1, -0.05) is 38.5 Å². The first-order valence-corrected chi connectivity index (χ1v) is 8.75. The summed E-state index contributed by atoms with van der Waals surface area (Å²) in [6, 6.07) is 4.17. The molecule has 1 heterocycles. The Morgan fingerprint density at radius 2 is 2.18 bits per heavy atom. The fourth-order valence-corrected chi connectivity index (χ4v) is 3.59. The van der Waals surface area contributed by atoms with E-state index in [4.69, 9.17) is 4.74 Å². The Labute approximate surface area is 137 Å². The van der Waals surface area contributed by atoms with E-state index in [1.54, 1.807) is 18.9 Å². The van der Waals surface area contributed by atoms with Crippen LogP contribution in [0.5, 0.6) is 5.75 Å². The number of thioether (sulfide) groups is 1. The molecule has 1 fully saturated rings. The van der Waals surface area contributed by atoms with Crippen molar-refractivity contribution in [2.75, 3.05) is 18.7 Å². The number of benzene rings is 1. The molecule has 1 saturated heterocycles. The Bertz CT molecular complexity index is 546. The molecule has 1 aromatic carbocycles. The molecule has 5 heteroatoms. The van der Waals surface area contributed by atoms with Crippen molar-refractivity contribution in [1.82, 2.24) is 10.6 Å². The lowest BCUT2D eigenvalue weighted by Gasteiger charge is -2.25. The fraction of sp³-hybridized carbons (Fsp3) is 0.588. The van der Waals surface area contributed by atoms with E-state index in [1.165, 1.54) is 11.1 Å². The summed E-state index contributed by atoms with van der Waals surface area (Å²) in [5.41, 5.74) is 3.39. The molecule has 1 aliphatic heterocycles. The Kier molecular flexibility index (Phi) is 5.40. The largest absolute Gasteiger partial charge is 0.496 e. The van der Waals surface area contributed by atoms with E-state index in [0.717, 1.165) is 22.9 Å². The van der Waals surface area contributed by atoms with E-state index in [2.05, 4.69) is 50.5 Å². The lowest BCUT2D eigenvalue weighted by molar-refractivity contribution is -0.122. The van der Waals surface area contributed by atoms with Gasteiger partial charge in [-0.05, 0) is 12.3 Å². The van der Waals surface area contributed by atoms with Gasteiger partial charge >= 0.3 is 0 Å². The third-order valence-electron chi connectivity index (χ3n) is 3.81. The van der Waals surface area contributed by atoms with Crippen molar-refractivity contribution in [2.24, 2.45) is 0 Å². The minimum Gasteiger partial charge on any atom is -0.496 e. The summed E-state index contributed by atoms with van der Waals surface area (Å²) in [6.45, 7) is 9.09. The number of methoxy groups -OCH3 is 1. The molecular formula is C17H26N2O2S. The quantitative estimate of drug-likeness (QED) is 0.894. The second kappa shape index (κ2) is 6.92. The summed E-state index contributed by atoms with van der Waals surface area (Å²) in [7, 11) is 1.69. The molecule has 1 aromatic rings. The molecule has 1 aliphatic rings. The molecule has 122 valence electrons. The number of rotatable bonds is 4. The molecule has 2 N–H and O–H groups in total. The monoisotopic (exact) mass is 322 g/mol. The summed E-state index contributed by atoms with van der Waals surface area (Å²) < 4.78 is 5.64. The number of aryl methyl sites for hydroxylation is 1. The Morgan fingerprint density at radius 1 is 1.45 bits per heavy atom. The third-order valence-corrected chi connectivity index (χ3v) is 4.75. The first kappa shape index (κ1) is 17.2. The van der Waals surface area contributed by atoms with Crippen molar-refractivity contribution in [3.8, 4) is 5.75 Å². The van der Waals surface area contributed by atoms with Gasteiger partial charge in [0.05, 0.1) is 13.2 Å². The maximum absolute atomic E-state index is 12.2. The van der Waals surface area contributed by atoms with Gasteiger partial charge in [0.25, 0.3) is 0 Å². The van der Waals surface area contributed by atoms with Gasteiger partial charge in [-0.3, -0.25) is 10.1 Å². The fourth-order valence-electron chi connectivity index (χ4n) is 2.65. The Hall–Kier alpha value is -1.20. The minimum atomic E-state index is -0.0807. The molecule has 1 amide bonds. The molecule has 0 radical (unpaired) electrons. The van der Waals surface area contributed by atoms with Crippen molar-refractivity contribution >= 4 is 17.7 Å². The Balaban J connectivity index is 2.19. The summed E-state index contributed by atoms with van der Waals surface area (Å²) in [6.07, 6.45) is 0. The van der Waals surface area contributed by atoms with Crippen molar-refractivity contribution in [3.05, 3.63) is 28.8 Å². The van der Waals surface area contributed by atoms with Crippen LogP contribution in [0.2, 0.25) is 0 Å². The van der Waals surface area contributed by atoms with E-state index in [0.29, 0.717) is 6.54 Å². The maximum atomic E-state index is 12.2. The van der Waals surface area contributed by atoms with Gasteiger partial charge < -0.3 is 10.1 Å². The SMILES string of the molecule is COc1c(CNC(=O)C2CSCN2)cc(C)cc1C(C)(C)C. The summed E-state index contributed by atoms with van der Waals surface area (Å²) in [5, 5.41) is 6.21. The number of nitrogens with one attached hydrogen (secondary N) is 2. The van der Waals surface area contributed by atoms with Crippen molar-refractivity contribution in [1.29, 1.82) is 0 Å². The van der Waals surface area contributed by atoms with Gasteiger partial charge in [0.2, 0.25) is 5.91 Å². The first-order chi connectivity index (χ1) is 10.3. The highest BCUT2D eigenvalue weighted by atomic mass is 32.2. The highest BCUT2D eigenvalue weighted by Gasteiger charge is 2.24. The summed E-state index contributed by atoms with van der Waals surface area (Å²) in [5.74, 6) is 2.63. The Morgan fingerprint density at radius 3 is 2.73 bits per heavy atom. The van der Waals surface area contributed by atoms with E-state index < -0.39 is 0 Å². The number of carbonyl (C=O) groups is 1. The average molecular weight is 322 g/mol. The average Bonchev–Trinajstić information content (AvgIpc) is 2.97. The van der Waals surface area contributed by atoms with E-state index in [9.17, 15) is 4.79 Å². The molecule has 1 atom stereocenters. The van der Waals surface area contributed by atoms with Crippen LogP contribution < -0.4 is 15.4 Å². The van der Waals surface area contributed by atoms with Crippen molar-refractivity contribution in [2.45, 2.75) is 45.7 Å². The van der Waals surface area contributed by atoms with Gasteiger partial charge in [0.15, 0.2) is 0 Å². The van der Waals surface area contributed by atoms with Crippen LogP contribution in [0.1, 0.15) is 37.5 Å². The van der Waals surface area contributed by atoms with Crippen LogP contribution >= 0.6 is 11.8 Å². The number of carbonyl (C=O) groups excluding carboxylic acids is 1. The van der Waals surface area contributed by atoms with Crippen LogP contribution in [0.15, 0.2) is 12.1 Å². The molecule has 0 spiro atoms. The van der Waals surface area contributed by atoms with Crippen molar-refractivity contribution < 1.29 is 9.53 Å². The zero-order valence-corrected chi connectivity index (χ0v) is 14.9. The molecule has 0 aliphatic carbocycles. The predicted octanol–water partition coefficient (Wildman–Crippen LogP) is 2.58. The van der Waals surface area contributed by atoms with Gasteiger partial charge in [0, 0.05) is 29.3 Å². The molecule has 0 bridgehead atoms. The predicted molar refractivity (Wildman–Crippen MR) is 92.5 cm³/mol. The molecule has 0 saturated carbocycles. The lowest BCUT2D eigenvalue weighted by Crippen LogP contribution is -2.41. The van der Waals surface area contributed by atoms with E-state index in [-0.39, 0.29) is 17.4 Å². The molecular weight excluding hydrogens is 296 g/mol. The first-order valence-electron chi connectivity index (χ1n) is 7.59. The highest BCUT2D eigenvalue weighted by molar-refractivity contribution is 7.99. The molecule has 0 aromatic heterocycles. The summed E-state index contributed by atoms with van der Waals surface area (Å²) >= 11 is 1.75. The van der Waals surface area contributed by atoms with Crippen LogP contribution in [0.4, 0.5) is 0 Å². The standard InChI is InChI=1S/C17H26N2O2S/c1-11-6-12(8-18-16(20)14-9-22-10-19-14)15(21-5)13(7-11)17(2,3)4/h6-7,14,19H,8-10H2,1-5H3,(H,18,20). The highest BCUT2D eigenvalue weighted by Crippen LogP contribution is 2.35. The van der Waals surface area contributed by atoms with E-state index >= 15 is 0 Å². The zero-order valence-electron chi connectivity index (χ0n) is 14.1. The van der Waals surface area contributed by atoms with Crippen LogP contribution in [0.25, 0.3) is 0 Å². The normalized spacial score (nSPS) is 18.3. The number of hydrogen-bond donors (Lipinski definition) is 2. The van der Waals surface area contributed by atoms with Crippen LogP contribution in [0.3, 0.4) is 0 Å². The zero-order chi connectivity index (χ0) is 16.3. The topological polar surface area (TPSA) is 50.4 Å². The molecule has 1 unspecified atom stereocenters. The third kappa shape index (κ3) is 3.96. The second-order valence-corrected chi connectivity index (χ2v) is 7.77. The maximum Gasteiger partial charge on any atom is 0.238 e. The smallest absolute Gasteiger partial charge is 0.238 e. The lowest BCUT2D eigenvalue weighted by atomic mass is 9.84. The van der Waals surface area contributed by atoms with Crippen LogP contribution in [-0.2, 0) is 16.8 Å². The van der Waals surface area contributed by atoms with Gasteiger partial charge in [-0.2, -0.15) is 0 Å². The van der Waals surface area contributed by atoms with Crippen LogP contribution in [0, 0.1) is 6.92 Å². The second-order valence-electron chi connectivity index (χ2n) is 6.74. The molecule has 22 heavy (non-hydrogen) atoms. The van der Waals surface area contributed by atoms with Crippen molar-refractivity contribution in [3.63, 3.8) is 0 Å². The number of ether oxygens (including phenoxy) is 1. The van der Waals surface area contributed by atoms with Gasteiger partial charge in [-0.15, -0.1) is 11.8 Å². The van der Waals surface area contributed by atoms with Gasteiger partial charge in [0.1, 0.15) is 5.75 Å². The van der Waals surface area contributed by atoms with E-state index in [1.807, 2.05) is 0 Å². The van der Waals surface area contributed by atoms with Gasteiger partial charge in [-0.25, -0.2) is 0 Å². The molecule has 2 rings (SSSR count). The molecule has 4 nitrogen and oxygen atoms in total. The summed E-state index contributed by atoms with van der Waals surface area (Å²) in [4.78, 5) is 12.2. The minimum absolute atomic E-state index is 0.000228.